The van der Waals surface area contributed by atoms with Gasteiger partial charge in [0.2, 0.25) is 0 Å². The Bertz CT molecular complexity index is 1020. The second-order valence-corrected chi connectivity index (χ2v) is 6.13. The molecule has 0 aromatic heterocycles. The Morgan fingerprint density at radius 1 is 0.828 bits per heavy atom. The smallest absolute Gasteiger partial charge is 0.346 e. The summed E-state index contributed by atoms with van der Waals surface area (Å²) < 4.78 is 11.3. The number of aliphatic carboxylic acids is 1. The fourth-order valence-electron chi connectivity index (χ4n) is 2.66. The van der Waals surface area contributed by atoms with Gasteiger partial charge in [-0.25, -0.2) is 4.79 Å². The molecule has 0 saturated carbocycles. The maximum absolute atomic E-state index is 10.9. The van der Waals surface area contributed by atoms with Crippen molar-refractivity contribution in [3.8, 4) is 28.7 Å². The molecule has 3 rings (SSSR count). The van der Waals surface area contributed by atoms with Gasteiger partial charge >= 0.3 is 5.97 Å². The van der Waals surface area contributed by atoms with Gasteiger partial charge in [-0.3, -0.25) is 0 Å². The van der Waals surface area contributed by atoms with Crippen LogP contribution in [-0.2, 0) is 4.79 Å². The molecule has 3 aromatic rings. The van der Waals surface area contributed by atoms with Crippen LogP contribution in [0.4, 0.5) is 0 Å². The molecule has 5 nitrogen and oxygen atoms in total. The summed E-state index contributed by atoms with van der Waals surface area (Å²) in [6, 6.07) is 26.5. The third-order valence-corrected chi connectivity index (χ3v) is 4.12. The van der Waals surface area contributed by atoms with Gasteiger partial charge in [-0.15, -0.1) is 0 Å². The van der Waals surface area contributed by atoms with E-state index in [1.54, 1.807) is 30.3 Å². The number of carboxylic acid groups (broad SMARTS) is 1. The first kappa shape index (κ1) is 19.7. The normalized spacial score (nSPS) is 10.8. The average molecular weight is 385 g/mol. The summed E-state index contributed by atoms with van der Waals surface area (Å²) in [7, 11) is 0. The van der Waals surface area contributed by atoms with Crippen molar-refractivity contribution >= 4 is 12.0 Å². The minimum Gasteiger partial charge on any atom is -0.490 e. The number of ether oxygens (including phenoxy) is 2. The van der Waals surface area contributed by atoms with Gasteiger partial charge in [-0.05, 0) is 47.0 Å². The number of benzene rings is 3. The largest absolute Gasteiger partial charge is 0.490 e. The molecule has 5 heteroatoms. The van der Waals surface area contributed by atoms with E-state index >= 15 is 0 Å². The Labute approximate surface area is 169 Å². The second-order valence-electron chi connectivity index (χ2n) is 6.13. The van der Waals surface area contributed by atoms with Crippen LogP contribution in [0.3, 0.4) is 0 Å². The molecule has 0 unspecified atom stereocenters. The first-order valence-electron chi connectivity index (χ1n) is 9.02. The van der Waals surface area contributed by atoms with Gasteiger partial charge < -0.3 is 14.6 Å². The highest BCUT2D eigenvalue weighted by atomic mass is 16.5. The summed E-state index contributed by atoms with van der Waals surface area (Å²) in [6.07, 6.45) is 1.31. The van der Waals surface area contributed by atoms with Crippen molar-refractivity contribution in [1.29, 1.82) is 5.26 Å². The molecule has 0 aliphatic heterocycles. The maximum Gasteiger partial charge on any atom is 0.346 e. The van der Waals surface area contributed by atoms with Crippen LogP contribution in [0.2, 0.25) is 0 Å². The molecule has 3 aromatic carbocycles. The molecule has 0 radical (unpaired) electrons. The average Bonchev–Trinajstić information content (AvgIpc) is 2.77. The van der Waals surface area contributed by atoms with E-state index in [1.165, 1.54) is 6.08 Å². The van der Waals surface area contributed by atoms with E-state index < -0.39 is 5.97 Å². The van der Waals surface area contributed by atoms with Gasteiger partial charge in [0, 0.05) is 0 Å². The molecule has 0 amide bonds. The number of nitriles is 1. The molecule has 0 fully saturated rings. The molecule has 0 spiro atoms. The zero-order valence-corrected chi connectivity index (χ0v) is 15.6. The van der Waals surface area contributed by atoms with Crippen molar-refractivity contribution < 1.29 is 19.4 Å². The summed E-state index contributed by atoms with van der Waals surface area (Å²) in [5.74, 6) is 0.159. The van der Waals surface area contributed by atoms with Crippen LogP contribution >= 0.6 is 0 Å². The van der Waals surface area contributed by atoms with Crippen molar-refractivity contribution in [3.63, 3.8) is 0 Å². The predicted molar refractivity (Wildman–Crippen MR) is 111 cm³/mol. The number of carbonyl (C=O) groups is 1. The fourth-order valence-corrected chi connectivity index (χ4v) is 2.66. The molecule has 0 bridgehead atoms. The van der Waals surface area contributed by atoms with Crippen LogP contribution in [0.15, 0.2) is 84.4 Å². The third kappa shape index (κ3) is 5.72. The van der Waals surface area contributed by atoms with Crippen LogP contribution in [0.1, 0.15) is 5.56 Å². The highest BCUT2D eigenvalue weighted by molar-refractivity contribution is 5.96. The van der Waals surface area contributed by atoms with E-state index in [-0.39, 0.29) is 5.57 Å². The highest BCUT2D eigenvalue weighted by Gasteiger charge is 2.05. The number of nitrogens with zero attached hydrogens (tertiary/aromatic N) is 1. The summed E-state index contributed by atoms with van der Waals surface area (Å²) in [4.78, 5) is 10.9. The molecule has 0 saturated heterocycles. The fraction of sp³-hybridized carbons (Fsp3) is 0.0833. The Hall–Kier alpha value is -4.04. The van der Waals surface area contributed by atoms with Crippen molar-refractivity contribution in [1.82, 2.24) is 0 Å². The highest BCUT2D eigenvalue weighted by Crippen LogP contribution is 2.22. The Kier molecular flexibility index (Phi) is 6.64. The van der Waals surface area contributed by atoms with E-state index in [2.05, 4.69) is 12.1 Å². The van der Waals surface area contributed by atoms with Gasteiger partial charge in [-0.2, -0.15) is 5.26 Å². The first-order chi connectivity index (χ1) is 14.2. The van der Waals surface area contributed by atoms with Crippen LogP contribution < -0.4 is 9.47 Å². The van der Waals surface area contributed by atoms with Crippen LogP contribution in [0.25, 0.3) is 17.2 Å². The van der Waals surface area contributed by atoms with Gasteiger partial charge in [0.15, 0.2) is 0 Å². The molecule has 0 aliphatic carbocycles. The molecular formula is C24H19NO4. The second kappa shape index (κ2) is 9.77. The lowest BCUT2D eigenvalue weighted by Gasteiger charge is -2.09. The topological polar surface area (TPSA) is 79.5 Å². The van der Waals surface area contributed by atoms with E-state index in [1.807, 2.05) is 42.5 Å². The predicted octanol–water partition coefficient (Wildman–Crippen LogP) is 4.80. The lowest BCUT2D eigenvalue weighted by Crippen LogP contribution is -2.08. The molecule has 0 heterocycles. The summed E-state index contributed by atoms with van der Waals surface area (Å²) in [5, 5.41) is 17.7. The summed E-state index contributed by atoms with van der Waals surface area (Å²) in [6.45, 7) is 0.762. The van der Waals surface area contributed by atoms with E-state index in [9.17, 15) is 4.79 Å². The molecule has 1 N–H and O–H groups in total. The Balaban J connectivity index is 1.47. The van der Waals surface area contributed by atoms with Crippen molar-refractivity contribution in [2.75, 3.05) is 13.2 Å². The number of hydrogen-bond donors (Lipinski definition) is 1. The van der Waals surface area contributed by atoms with E-state index in [0.717, 1.165) is 16.9 Å². The van der Waals surface area contributed by atoms with Crippen LogP contribution in [0.5, 0.6) is 11.5 Å². The molecular weight excluding hydrogens is 366 g/mol. The summed E-state index contributed by atoms with van der Waals surface area (Å²) >= 11 is 0. The molecule has 29 heavy (non-hydrogen) atoms. The standard InChI is InChI=1S/C24H19NO4/c25-17-21(24(26)27)16-18-6-10-22(11-7-18)28-14-15-29-23-12-8-20(9-13-23)19-4-2-1-3-5-19/h1-13,16H,14-15H2,(H,26,27). The Morgan fingerprint density at radius 2 is 1.34 bits per heavy atom. The van der Waals surface area contributed by atoms with Crippen LogP contribution in [0, 0.1) is 11.3 Å². The minimum absolute atomic E-state index is 0.314. The maximum atomic E-state index is 10.9. The Morgan fingerprint density at radius 3 is 1.86 bits per heavy atom. The zero-order chi connectivity index (χ0) is 20.5. The monoisotopic (exact) mass is 385 g/mol. The van der Waals surface area contributed by atoms with E-state index in [0.29, 0.717) is 24.5 Å². The van der Waals surface area contributed by atoms with Gasteiger partial charge in [-0.1, -0.05) is 54.6 Å². The number of carboxylic acids is 1. The SMILES string of the molecule is N#CC(=Cc1ccc(OCCOc2ccc(-c3ccccc3)cc2)cc1)C(=O)O. The zero-order valence-electron chi connectivity index (χ0n) is 15.6. The van der Waals surface area contributed by atoms with Crippen LogP contribution in [-0.4, -0.2) is 24.3 Å². The minimum atomic E-state index is -1.25. The lowest BCUT2D eigenvalue weighted by atomic mass is 10.1. The van der Waals surface area contributed by atoms with Gasteiger partial charge in [0.1, 0.15) is 36.4 Å². The van der Waals surface area contributed by atoms with Gasteiger partial charge in [0.05, 0.1) is 0 Å². The molecule has 0 aliphatic rings. The quantitative estimate of drug-likeness (QED) is 0.342. The lowest BCUT2D eigenvalue weighted by molar-refractivity contribution is -0.132. The van der Waals surface area contributed by atoms with Crippen molar-refractivity contribution in [2.45, 2.75) is 0 Å². The van der Waals surface area contributed by atoms with Crippen molar-refractivity contribution in [2.24, 2.45) is 0 Å². The molecule has 0 atom stereocenters. The first-order valence-corrected chi connectivity index (χ1v) is 9.02. The van der Waals surface area contributed by atoms with Gasteiger partial charge in [0.25, 0.3) is 0 Å². The summed E-state index contributed by atoms with van der Waals surface area (Å²) in [5.41, 5.74) is 2.59. The van der Waals surface area contributed by atoms with Crippen molar-refractivity contribution in [3.05, 3.63) is 90.0 Å². The number of hydrogen-bond acceptors (Lipinski definition) is 4. The third-order valence-electron chi connectivity index (χ3n) is 4.12. The number of rotatable bonds is 8. The van der Waals surface area contributed by atoms with E-state index in [4.69, 9.17) is 19.8 Å². The molecule has 144 valence electrons.